The number of benzene rings is 3. The minimum atomic E-state index is 0.587. The van der Waals surface area contributed by atoms with Crippen LogP contribution in [0.25, 0.3) is 28.6 Å². The van der Waals surface area contributed by atoms with Gasteiger partial charge in [0.1, 0.15) is 0 Å². The Bertz CT molecular complexity index is 1150. The summed E-state index contributed by atoms with van der Waals surface area (Å²) in [7, 11) is 0. The van der Waals surface area contributed by atoms with Crippen LogP contribution in [0, 0.1) is 11.3 Å². The van der Waals surface area contributed by atoms with Gasteiger partial charge in [0.05, 0.1) is 23.0 Å². The van der Waals surface area contributed by atoms with Crippen LogP contribution >= 0.6 is 11.6 Å². The molecule has 0 aliphatic carbocycles. The fourth-order valence-electron chi connectivity index (χ4n) is 2.99. The fraction of sp³-hybridized carbons (Fsp3) is 0. The van der Waals surface area contributed by atoms with Gasteiger partial charge in [-0.3, -0.25) is 0 Å². The monoisotopic (exact) mass is 381 g/mol. The Morgan fingerprint density at radius 1 is 0.893 bits per heavy atom. The summed E-state index contributed by atoms with van der Waals surface area (Å²) in [6.07, 6.45) is 3.82. The van der Waals surface area contributed by atoms with Crippen molar-refractivity contribution in [3.8, 4) is 23.0 Å². The minimum Gasteiger partial charge on any atom is -0.240 e. The maximum Gasteiger partial charge on any atom is 0.1000 e. The fourth-order valence-corrected chi connectivity index (χ4v) is 3.12. The zero-order valence-corrected chi connectivity index (χ0v) is 15.7. The number of halogens is 1. The quantitative estimate of drug-likeness (QED) is 0.391. The maximum absolute atomic E-state index is 9.70. The topological polar surface area (TPSA) is 41.6 Å². The van der Waals surface area contributed by atoms with Crippen molar-refractivity contribution in [2.45, 2.75) is 0 Å². The van der Waals surface area contributed by atoms with Crippen molar-refractivity contribution in [1.82, 2.24) is 9.78 Å². The van der Waals surface area contributed by atoms with Crippen LogP contribution in [0.3, 0.4) is 0 Å². The molecule has 0 unspecified atom stereocenters. The third kappa shape index (κ3) is 3.73. The first-order valence-electron chi connectivity index (χ1n) is 8.83. The van der Waals surface area contributed by atoms with E-state index in [1.165, 1.54) is 0 Å². The van der Waals surface area contributed by atoms with Gasteiger partial charge in [0.15, 0.2) is 0 Å². The predicted octanol–water partition coefficient (Wildman–Crippen LogP) is 6.26. The molecule has 0 amide bonds. The van der Waals surface area contributed by atoms with E-state index in [9.17, 15) is 5.26 Å². The highest BCUT2D eigenvalue weighted by molar-refractivity contribution is 6.30. The Labute approximate surface area is 168 Å². The van der Waals surface area contributed by atoms with Gasteiger partial charge in [-0.25, -0.2) is 4.68 Å². The van der Waals surface area contributed by atoms with Gasteiger partial charge in [-0.05, 0) is 35.9 Å². The van der Waals surface area contributed by atoms with Crippen LogP contribution < -0.4 is 0 Å². The predicted molar refractivity (Wildman–Crippen MR) is 114 cm³/mol. The van der Waals surface area contributed by atoms with Crippen molar-refractivity contribution >= 4 is 23.3 Å². The normalized spacial score (nSPS) is 11.2. The molecular weight excluding hydrogens is 366 g/mol. The Morgan fingerprint density at radius 2 is 1.54 bits per heavy atom. The summed E-state index contributed by atoms with van der Waals surface area (Å²) in [5.74, 6) is 0. The van der Waals surface area contributed by atoms with Crippen molar-refractivity contribution < 1.29 is 0 Å². The number of hydrogen-bond acceptors (Lipinski definition) is 2. The smallest absolute Gasteiger partial charge is 0.1000 e. The third-order valence-corrected chi connectivity index (χ3v) is 4.64. The molecular formula is C24H16ClN3. The first kappa shape index (κ1) is 17.8. The van der Waals surface area contributed by atoms with Crippen LogP contribution in [0.4, 0.5) is 0 Å². The molecule has 0 saturated carbocycles. The van der Waals surface area contributed by atoms with Crippen LogP contribution in [0.15, 0.2) is 91.1 Å². The number of nitrogens with zero attached hydrogens (tertiary/aromatic N) is 3. The van der Waals surface area contributed by atoms with Gasteiger partial charge >= 0.3 is 0 Å². The van der Waals surface area contributed by atoms with Gasteiger partial charge in [-0.1, -0.05) is 72.3 Å². The molecule has 4 rings (SSSR count). The number of aromatic nitrogens is 2. The van der Waals surface area contributed by atoms with Gasteiger partial charge in [0.2, 0.25) is 0 Å². The number of hydrogen-bond donors (Lipinski definition) is 0. The molecule has 3 aromatic carbocycles. The van der Waals surface area contributed by atoms with Gasteiger partial charge in [0, 0.05) is 22.3 Å². The minimum absolute atomic E-state index is 0.587. The lowest BCUT2D eigenvalue weighted by molar-refractivity contribution is 0.884. The number of para-hydroxylation sites is 1. The van der Waals surface area contributed by atoms with E-state index in [4.69, 9.17) is 16.7 Å². The molecule has 0 fully saturated rings. The van der Waals surface area contributed by atoms with E-state index in [0.717, 1.165) is 28.1 Å². The van der Waals surface area contributed by atoms with Gasteiger partial charge in [-0.15, -0.1) is 0 Å². The molecule has 0 aliphatic rings. The third-order valence-electron chi connectivity index (χ3n) is 4.39. The van der Waals surface area contributed by atoms with Gasteiger partial charge in [-0.2, -0.15) is 10.4 Å². The highest BCUT2D eigenvalue weighted by atomic mass is 35.5. The van der Waals surface area contributed by atoms with Crippen molar-refractivity contribution in [2.75, 3.05) is 0 Å². The van der Waals surface area contributed by atoms with Gasteiger partial charge in [0.25, 0.3) is 0 Å². The second kappa shape index (κ2) is 7.96. The number of rotatable bonds is 4. The van der Waals surface area contributed by atoms with Crippen LogP contribution in [0.1, 0.15) is 11.1 Å². The zero-order valence-electron chi connectivity index (χ0n) is 15.0. The van der Waals surface area contributed by atoms with Crippen molar-refractivity contribution in [3.63, 3.8) is 0 Å². The van der Waals surface area contributed by atoms with Gasteiger partial charge < -0.3 is 0 Å². The summed E-state index contributed by atoms with van der Waals surface area (Å²) >= 11 is 6.05. The molecule has 134 valence electrons. The molecule has 0 N–H and O–H groups in total. The molecule has 0 bridgehead atoms. The van der Waals surface area contributed by atoms with Crippen molar-refractivity contribution in [2.24, 2.45) is 0 Å². The largest absolute Gasteiger partial charge is 0.240 e. The Kier molecular flexibility index (Phi) is 5.05. The van der Waals surface area contributed by atoms with E-state index < -0.39 is 0 Å². The van der Waals surface area contributed by atoms with E-state index in [2.05, 4.69) is 6.07 Å². The van der Waals surface area contributed by atoms with E-state index in [1.807, 2.05) is 102 Å². The average Bonchev–Trinajstić information content (AvgIpc) is 3.18. The highest BCUT2D eigenvalue weighted by Gasteiger charge is 2.12. The van der Waals surface area contributed by atoms with E-state index in [1.54, 1.807) is 0 Å². The molecule has 0 atom stereocenters. The van der Waals surface area contributed by atoms with E-state index in [-0.39, 0.29) is 0 Å². The Balaban J connectivity index is 1.87. The molecule has 0 radical (unpaired) electrons. The number of allylic oxidation sites excluding steroid dienone is 1. The highest BCUT2D eigenvalue weighted by Crippen LogP contribution is 2.28. The first-order chi connectivity index (χ1) is 13.7. The van der Waals surface area contributed by atoms with Crippen molar-refractivity contribution in [3.05, 3.63) is 107 Å². The molecule has 0 spiro atoms. The zero-order chi connectivity index (χ0) is 19.3. The van der Waals surface area contributed by atoms with E-state index >= 15 is 0 Å². The molecule has 1 heterocycles. The molecule has 1 aromatic heterocycles. The summed E-state index contributed by atoms with van der Waals surface area (Å²) in [6.45, 7) is 0. The van der Waals surface area contributed by atoms with Crippen LogP contribution in [0.5, 0.6) is 0 Å². The lowest BCUT2D eigenvalue weighted by Gasteiger charge is -2.01. The number of nitriles is 1. The molecule has 3 nitrogen and oxygen atoms in total. The summed E-state index contributed by atoms with van der Waals surface area (Å²) in [4.78, 5) is 0. The molecule has 28 heavy (non-hydrogen) atoms. The SMILES string of the molecule is N#C/C(=C\c1cn(-c2ccccc2)nc1-c1ccc(Cl)cc1)c1ccccc1. The molecule has 4 aromatic rings. The summed E-state index contributed by atoms with van der Waals surface area (Å²) in [6, 6.07) is 29.4. The van der Waals surface area contributed by atoms with Crippen LogP contribution in [-0.4, -0.2) is 9.78 Å². The van der Waals surface area contributed by atoms with Crippen molar-refractivity contribution in [1.29, 1.82) is 5.26 Å². The standard InChI is InChI=1S/C24H16ClN3/c25-22-13-11-19(12-14-22)24-21(15-20(16-26)18-7-3-1-4-8-18)17-28(27-24)23-9-5-2-6-10-23/h1-15,17H/b20-15+. The van der Waals surface area contributed by atoms with Crippen LogP contribution in [0.2, 0.25) is 5.02 Å². The Morgan fingerprint density at radius 3 is 2.18 bits per heavy atom. The molecule has 4 heteroatoms. The maximum atomic E-state index is 9.70. The summed E-state index contributed by atoms with van der Waals surface area (Å²) < 4.78 is 1.83. The van der Waals surface area contributed by atoms with Crippen LogP contribution in [-0.2, 0) is 0 Å². The van der Waals surface area contributed by atoms with E-state index in [0.29, 0.717) is 10.6 Å². The second-order valence-electron chi connectivity index (χ2n) is 6.26. The molecule has 0 aliphatic heterocycles. The summed E-state index contributed by atoms with van der Waals surface area (Å²) in [5, 5.41) is 15.2. The first-order valence-corrected chi connectivity index (χ1v) is 9.20. The average molecular weight is 382 g/mol. The second-order valence-corrected chi connectivity index (χ2v) is 6.69. The Hall–Kier alpha value is -3.61. The lowest BCUT2D eigenvalue weighted by Crippen LogP contribution is -1.93. The summed E-state index contributed by atoms with van der Waals surface area (Å²) in [5.41, 5.74) is 5.02. The molecule has 0 saturated heterocycles. The lowest BCUT2D eigenvalue weighted by atomic mass is 10.0.